The van der Waals surface area contributed by atoms with Gasteiger partial charge in [-0.25, -0.2) is 6.42 Å². The van der Waals surface area contributed by atoms with Crippen molar-refractivity contribution in [3.05, 3.63) is 97.9 Å². The van der Waals surface area contributed by atoms with Crippen LogP contribution in [0.15, 0.2) is 74.6 Å². The molecule has 3 aromatic rings. The number of anilines is 1. The number of nitrogens with zero attached hydrogens (tertiary/aromatic N) is 6. The van der Waals surface area contributed by atoms with Crippen molar-refractivity contribution < 1.29 is 29.6 Å². The first kappa shape index (κ1) is 68.2. The average molecular weight is 1040 g/mol. The van der Waals surface area contributed by atoms with Crippen LogP contribution in [0, 0.1) is 23.7 Å². The second-order valence-electron chi connectivity index (χ2n) is 21.8. The Hall–Kier alpha value is -2.90. The molecule has 0 radical (unpaired) electrons. The van der Waals surface area contributed by atoms with Gasteiger partial charge in [0.2, 0.25) is 0 Å². The van der Waals surface area contributed by atoms with Gasteiger partial charge in [-0.2, -0.15) is 0 Å². The molecule has 5 heterocycles. The van der Waals surface area contributed by atoms with Gasteiger partial charge in [0.25, 0.3) is 0 Å². The van der Waals surface area contributed by atoms with Crippen molar-refractivity contribution in [2.24, 2.45) is 34.7 Å². The molecule has 1 aromatic carbocycles. The molecule has 0 spiro atoms. The van der Waals surface area contributed by atoms with Crippen LogP contribution in [-0.4, -0.2) is 108 Å². The van der Waals surface area contributed by atoms with Gasteiger partial charge in [-0.15, -0.1) is 38.3 Å². The van der Waals surface area contributed by atoms with Gasteiger partial charge in [0.15, 0.2) is 0 Å². The van der Waals surface area contributed by atoms with Crippen LogP contribution in [0.3, 0.4) is 0 Å². The van der Waals surface area contributed by atoms with E-state index >= 15 is 0 Å². The minimum Gasteiger partial charge on any atom is -0.401 e. The number of aromatic nitrogens is 2. The summed E-state index contributed by atoms with van der Waals surface area (Å²) in [5.74, 6) is 9.56. The molecular weight excluding hydrogens is 932 g/mol. The van der Waals surface area contributed by atoms with E-state index in [2.05, 4.69) is 172 Å². The molecule has 3 aliphatic heterocycles. The van der Waals surface area contributed by atoms with Gasteiger partial charge in [-0.3, -0.25) is 31.4 Å². The van der Waals surface area contributed by atoms with E-state index in [1.165, 1.54) is 148 Å². The Labute approximate surface area is 483 Å². The summed E-state index contributed by atoms with van der Waals surface area (Å²) in [6.07, 6.45) is 27.8. The number of likely N-dealkylation sites (N-methyl/N-ethyl adjacent to an activating group) is 1. The second-order valence-corrected chi connectivity index (χ2v) is 21.8. The largest absolute Gasteiger partial charge is 1.00 e. The summed E-state index contributed by atoms with van der Waals surface area (Å²) >= 11 is 0. The number of likely N-dealkylation sites (tertiary alicyclic amines) is 1. The van der Waals surface area contributed by atoms with Crippen molar-refractivity contribution in [2.45, 2.75) is 184 Å². The van der Waals surface area contributed by atoms with Gasteiger partial charge in [0.05, 0.1) is 6.04 Å². The van der Waals surface area contributed by atoms with Crippen molar-refractivity contribution in [3.8, 4) is 11.3 Å². The first-order valence-corrected chi connectivity index (χ1v) is 29.7. The van der Waals surface area contributed by atoms with Crippen LogP contribution in [-0.2, 0) is 13.0 Å². The molecule has 75 heavy (non-hydrogen) atoms. The van der Waals surface area contributed by atoms with Gasteiger partial charge in [0, 0.05) is 80.3 Å². The predicted molar refractivity (Wildman–Crippen MR) is 326 cm³/mol. The topological polar surface area (TPSA) is 121 Å². The quantitative estimate of drug-likeness (QED) is 0.0174. The molecule has 4 aliphatic rings. The van der Waals surface area contributed by atoms with Crippen LogP contribution in [0.5, 0.6) is 0 Å². The zero-order chi connectivity index (χ0) is 54.6. The summed E-state index contributed by atoms with van der Waals surface area (Å²) < 4.78 is 2.60. The Bertz CT molecular complexity index is 2090. The number of hydrazine groups is 1. The molecule has 7 rings (SSSR count). The number of fused-ring (bicyclic) bond motifs is 1. The zero-order valence-corrected chi connectivity index (χ0v) is 52.3. The van der Waals surface area contributed by atoms with Crippen LogP contribution in [0.25, 0.3) is 27.7 Å². The minimum atomic E-state index is 0. The summed E-state index contributed by atoms with van der Waals surface area (Å²) in [5.41, 5.74) is 18.0. The van der Waals surface area contributed by atoms with E-state index in [1.807, 2.05) is 13.8 Å². The number of piperazine rings is 1. The van der Waals surface area contributed by atoms with E-state index < -0.39 is 0 Å². The molecule has 418 valence electrons. The van der Waals surface area contributed by atoms with E-state index in [-0.39, 0.29) is 35.0 Å². The summed E-state index contributed by atoms with van der Waals surface area (Å²) in [4.78, 5) is 15.7. The molecular formula is C64H111N10Na. The molecule has 10 nitrogen and oxygen atoms in total. The number of rotatable bonds is 24. The van der Waals surface area contributed by atoms with Gasteiger partial charge < -0.3 is 20.5 Å². The number of pyridine rings is 1. The van der Waals surface area contributed by atoms with Gasteiger partial charge >= 0.3 is 29.6 Å². The molecule has 0 bridgehead atoms. The maximum absolute atomic E-state index is 6.09. The van der Waals surface area contributed by atoms with Crippen molar-refractivity contribution in [3.63, 3.8) is 0 Å². The third-order valence-corrected chi connectivity index (χ3v) is 16.2. The monoisotopic (exact) mass is 1040 g/mol. The van der Waals surface area contributed by atoms with Crippen LogP contribution >= 0.6 is 0 Å². The Morgan fingerprint density at radius 2 is 1.65 bits per heavy atom. The third-order valence-electron chi connectivity index (χ3n) is 16.2. The fourth-order valence-electron chi connectivity index (χ4n) is 12.6. The van der Waals surface area contributed by atoms with E-state index in [4.69, 9.17) is 10.7 Å². The summed E-state index contributed by atoms with van der Waals surface area (Å²) in [5, 5.41) is 4.90. The van der Waals surface area contributed by atoms with E-state index in [9.17, 15) is 0 Å². The number of hydrogen-bond donors (Lipinski definition) is 4. The van der Waals surface area contributed by atoms with Crippen molar-refractivity contribution in [2.75, 3.05) is 76.9 Å². The van der Waals surface area contributed by atoms with Crippen LogP contribution in [0.1, 0.15) is 176 Å². The number of benzene rings is 1. The standard InChI is InChI=1S/C45H68N5.C15H29N3.C2H6.C2H4.H4N2.Na/c1-9-15-16-17-18-19-25-47-26-20-21-36(33-47)35-22-23-43-39(29-35)41(31-45(7,8)24-10-2)44(50(43)14-6)40-30-38(32-46-42(40)12-4)49-28-27-48(13-5)37(11-3)34-49;1-3-17-10-13-8-9-18(11-13)15(12(2)16)14-6-4-5-7-14;3*1-2;/h9,12,21-23,29-30,32,37H,1,10-11,13-20,24-28,31,33-34H2,2-8H3;13-15,17H,2-11,16H2,1H3;1-2H3;2*1-2H2;/q-1;;;;;+1. The number of aryl methyl sites for hydroxylation is 1. The van der Waals surface area contributed by atoms with Crippen molar-refractivity contribution >= 4 is 22.2 Å². The number of unbranched alkanes of at least 4 members (excludes halogenated alkanes) is 4. The van der Waals surface area contributed by atoms with Gasteiger partial charge in [-0.1, -0.05) is 118 Å². The molecule has 2 saturated heterocycles. The molecule has 3 unspecified atom stereocenters. The fourth-order valence-corrected chi connectivity index (χ4v) is 12.6. The molecule has 2 aromatic heterocycles. The maximum atomic E-state index is 6.09. The third kappa shape index (κ3) is 19.8. The predicted octanol–water partition coefficient (Wildman–Crippen LogP) is 10.4. The van der Waals surface area contributed by atoms with Crippen molar-refractivity contribution in [1.29, 1.82) is 0 Å². The van der Waals surface area contributed by atoms with Crippen molar-refractivity contribution in [1.82, 2.24) is 29.6 Å². The molecule has 0 amide bonds. The maximum Gasteiger partial charge on any atom is 1.00 e. The fraction of sp³-hybridized carbons (Fsp3) is 0.656. The molecule has 3 atom stereocenters. The SMILES string of the molecule is C=C.C=C(N)C(C1CCCC1)N1CCC(CNCC)C1.C=CCCCCCCN1CCC=C(c2ccc3c(c2)c(CC(C)(C)CCC)c(-c2cc(N4CCN(CC)C(CC)C4)cnc2[CH-]C)n3CC)C1.CC.NN.[Na+]. The van der Waals surface area contributed by atoms with Crippen LogP contribution < -0.4 is 57.2 Å². The molecule has 7 N–H and O–H groups in total. The molecule has 1 saturated carbocycles. The summed E-state index contributed by atoms with van der Waals surface area (Å²) in [6.45, 7) is 49.8. The molecule has 11 heteroatoms. The Morgan fingerprint density at radius 3 is 2.28 bits per heavy atom. The first-order valence-electron chi connectivity index (χ1n) is 29.7. The summed E-state index contributed by atoms with van der Waals surface area (Å²) in [7, 11) is 0. The average Bonchev–Trinajstić information content (AvgIpc) is 4.21. The first-order chi connectivity index (χ1) is 36.0. The normalized spacial score (nSPS) is 18.7. The number of hydrogen-bond acceptors (Lipinski definition) is 9. The van der Waals surface area contributed by atoms with E-state index in [1.54, 1.807) is 0 Å². The van der Waals surface area contributed by atoms with Gasteiger partial charge in [-0.05, 0) is 156 Å². The number of nitrogens with two attached hydrogens (primary N) is 3. The molecule has 1 aliphatic carbocycles. The smallest absolute Gasteiger partial charge is 0.401 e. The summed E-state index contributed by atoms with van der Waals surface area (Å²) in [6, 6.07) is 10.9. The zero-order valence-electron chi connectivity index (χ0n) is 50.3. The number of allylic oxidation sites excluding steroid dienone is 1. The Kier molecular flexibility index (Phi) is 33.7. The Morgan fingerprint density at radius 1 is 0.933 bits per heavy atom. The van der Waals surface area contributed by atoms with E-state index in [0.29, 0.717) is 12.1 Å². The molecule has 3 fully saturated rings. The van der Waals surface area contributed by atoms with E-state index in [0.717, 1.165) is 94.8 Å². The second kappa shape index (κ2) is 37.1. The van der Waals surface area contributed by atoms with Crippen LogP contribution in [0.2, 0.25) is 0 Å². The number of nitrogens with one attached hydrogen (secondary N) is 1. The van der Waals surface area contributed by atoms with Gasteiger partial charge in [0.1, 0.15) is 0 Å². The Balaban J connectivity index is 0.000000642. The van der Waals surface area contributed by atoms with Crippen LogP contribution in [0.4, 0.5) is 5.69 Å². The minimum absolute atomic E-state index is 0.